The van der Waals surface area contributed by atoms with Gasteiger partial charge in [0.1, 0.15) is 0 Å². The van der Waals surface area contributed by atoms with E-state index in [1.807, 2.05) is 11.9 Å². The molecule has 1 heterocycles. The molecule has 1 aliphatic rings. The lowest BCUT2D eigenvalue weighted by atomic mass is 10.00. The van der Waals surface area contributed by atoms with E-state index in [1.165, 1.54) is 0 Å². The molecular weight excluding hydrogens is 164 g/mol. The van der Waals surface area contributed by atoms with Crippen LogP contribution in [-0.4, -0.2) is 37.5 Å². The minimum atomic E-state index is 0.342. The highest BCUT2D eigenvalue weighted by Gasteiger charge is 2.21. The van der Waals surface area contributed by atoms with Gasteiger partial charge in [0, 0.05) is 19.5 Å². The number of carbonyl (C=O) groups excluding carboxylic acids is 1. The molecule has 1 rings (SSSR count). The molecular formula is C10H20N2O. The summed E-state index contributed by atoms with van der Waals surface area (Å²) in [5.74, 6) is 1.03. The average molecular weight is 184 g/mol. The molecule has 0 radical (unpaired) electrons. The van der Waals surface area contributed by atoms with E-state index >= 15 is 0 Å². The van der Waals surface area contributed by atoms with Crippen LogP contribution < -0.4 is 5.32 Å². The molecule has 0 bridgehead atoms. The molecule has 1 aliphatic heterocycles. The van der Waals surface area contributed by atoms with E-state index in [4.69, 9.17) is 0 Å². The van der Waals surface area contributed by atoms with Gasteiger partial charge in [-0.25, -0.2) is 0 Å². The molecule has 0 aromatic carbocycles. The highest BCUT2D eigenvalue weighted by Crippen LogP contribution is 2.16. The van der Waals surface area contributed by atoms with Crippen molar-refractivity contribution in [3.63, 3.8) is 0 Å². The third kappa shape index (κ3) is 3.35. The van der Waals surface area contributed by atoms with Crippen molar-refractivity contribution in [1.82, 2.24) is 10.2 Å². The summed E-state index contributed by atoms with van der Waals surface area (Å²) in [4.78, 5) is 13.4. The van der Waals surface area contributed by atoms with Gasteiger partial charge in [0.2, 0.25) is 5.91 Å². The molecule has 3 nitrogen and oxygen atoms in total. The maximum Gasteiger partial charge on any atom is 0.222 e. The van der Waals surface area contributed by atoms with Crippen LogP contribution in [0.2, 0.25) is 0 Å². The first-order valence-electron chi connectivity index (χ1n) is 5.16. The molecule has 76 valence electrons. The highest BCUT2D eigenvalue weighted by atomic mass is 16.2. The zero-order chi connectivity index (χ0) is 9.68. The zero-order valence-corrected chi connectivity index (χ0v) is 8.68. The van der Waals surface area contributed by atoms with Gasteiger partial charge in [-0.1, -0.05) is 6.92 Å². The van der Waals surface area contributed by atoms with E-state index < -0.39 is 0 Å². The largest absolute Gasteiger partial charge is 0.342 e. The lowest BCUT2D eigenvalue weighted by Gasteiger charge is -2.30. The van der Waals surface area contributed by atoms with Crippen molar-refractivity contribution in [3.8, 4) is 0 Å². The van der Waals surface area contributed by atoms with E-state index in [0.29, 0.717) is 11.8 Å². The van der Waals surface area contributed by atoms with E-state index in [1.54, 1.807) is 0 Å². The van der Waals surface area contributed by atoms with Crippen LogP contribution in [0.1, 0.15) is 26.2 Å². The van der Waals surface area contributed by atoms with Gasteiger partial charge in [0.05, 0.1) is 0 Å². The molecule has 1 unspecified atom stereocenters. The topological polar surface area (TPSA) is 32.3 Å². The molecule has 0 saturated carbocycles. The molecule has 0 aromatic rings. The monoisotopic (exact) mass is 184 g/mol. The van der Waals surface area contributed by atoms with Crippen LogP contribution in [-0.2, 0) is 4.79 Å². The molecule has 0 spiro atoms. The Hall–Kier alpha value is -0.570. The Morgan fingerprint density at radius 3 is 3.08 bits per heavy atom. The van der Waals surface area contributed by atoms with Crippen molar-refractivity contribution >= 4 is 5.91 Å². The predicted molar refractivity (Wildman–Crippen MR) is 53.5 cm³/mol. The Morgan fingerprint density at radius 1 is 1.62 bits per heavy atom. The second kappa shape index (κ2) is 5.22. The molecule has 3 heteroatoms. The Kier molecular flexibility index (Phi) is 4.22. The smallest absolute Gasteiger partial charge is 0.222 e. The minimum absolute atomic E-state index is 0.342. The fourth-order valence-corrected chi connectivity index (χ4v) is 1.76. The van der Waals surface area contributed by atoms with Gasteiger partial charge >= 0.3 is 0 Å². The van der Waals surface area contributed by atoms with Crippen LogP contribution >= 0.6 is 0 Å². The third-order valence-electron chi connectivity index (χ3n) is 2.59. The molecule has 1 N–H and O–H groups in total. The van der Waals surface area contributed by atoms with E-state index in [-0.39, 0.29) is 0 Å². The number of nitrogens with one attached hydrogen (secondary N) is 1. The van der Waals surface area contributed by atoms with E-state index in [9.17, 15) is 4.79 Å². The van der Waals surface area contributed by atoms with Crippen LogP contribution in [0, 0.1) is 5.92 Å². The van der Waals surface area contributed by atoms with Crippen molar-refractivity contribution in [3.05, 3.63) is 0 Å². The van der Waals surface area contributed by atoms with Gasteiger partial charge < -0.3 is 10.2 Å². The summed E-state index contributed by atoms with van der Waals surface area (Å²) in [5.41, 5.74) is 0. The normalized spacial score (nSPS) is 23.7. The van der Waals surface area contributed by atoms with E-state index in [2.05, 4.69) is 12.2 Å². The van der Waals surface area contributed by atoms with E-state index in [0.717, 1.165) is 38.9 Å². The average Bonchev–Trinajstić information content (AvgIpc) is 2.11. The minimum Gasteiger partial charge on any atom is -0.342 e. The number of rotatable bonds is 4. The Morgan fingerprint density at radius 2 is 2.38 bits per heavy atom. The molecule has 1 fully saturated rings. The van der Waals surface area contributed by atoms with Crippen LogP contribution in [0.25, 0.3) is 0 Å². The summed E-state index contributed by atoms with van der Waals surface area (Å²) in [7, 11) is 1.95. The van der Waals surface area contributed by atoms with Crippen molar-refractivity contribution in [2.24, 2.45) is 5.92 Å². The first kappa shape index (κ1) is 10.5. The van der Waals surface area contributed by atoms with Gasteiger partial charge in [-0.05, 0) is 32.4 Å². The summed E-state index contributed by atoms with van der Waals surface area (Å²) >= 11 is 0. The fraction of sp³-hybridized carbons (Fsp3) is 0.900. The highest BCUT2D eigenvalue weighted by molar-refractivity contribution is 5.76. The number of piperidine rings is 1. The molecule has 0 aliphatic carbocycles. The van der Waals surface area contributed by atoms with Gasteiger partial charge in [-0.2, -0.15) is 0 Å². The van der Waals surface area contributed by atoms with Crippen molar-refractivity contribution < 1.29 is 4.79 Å². The fourth-order valence-electron chi connectivity index (χ4n) is 1.76. The Balaban J connectivity index is 2.25. The molecule has 1 saturated heterocycles. The number of amides is 1. The summed E-state index contributed by atoms with van der Waals surface area (Å²) < 4.78 is 0. The van der Waals surface area contributed by atoms with Gasteiger partial charge in [-0.3, -0.25) is 4.79 Å². The number of carbonyl (C=O) groups is 1. The molecule has 13 heavy (non-hydrogen) atoms. The summed E-state index contributed by atoms with van der Waals surface area (Å²) in [6, 6.07) is 0. The quantitative estimate of drug-likeness (QED) is 0.657. The Labute approximate surface area is 80.5 Å². The summed E-state index contributed by atoms with van der Waals surface area (Å²) in [6.07, 6.45) is 2.89. The van der Waals surface area contributed by atoms with Crippen molar-refractivity contribution in [2.75, 3.05) is 26.7 Å². The van der Waals surface area contributed by atoms with Crippen LogP contribution in [0.15, 0.2) is 0 Å². The third-order valence-corrected chi connectivity index (χ3v) is 2.59. The standard InChI is InChI=1S/C10H20N2O/c1-9-4-5-10(13)12(8-9)7-3-6-11-2/h9,11H,3-8H2,1-2H3. The number of hydrogen-bond acceptors (Lipinski definition) is 2. The zero-order valence-electron chi connectivity index (χ0n) is 8.68. The maximum atomic E-state index is 11.4. The second-order valence-electron chi connectivity index (χ2n) is 3.94. The van der Waals surface area contributed by atoms with Crippen LogP contribution in [0.3, 0.4) is 0 Å². The first-order chi connectivity index (χ1) is 6.24. The van der Waals surface area contributed by atoms with Gasteiger partial charge in [0.25, 0.3) is 0 Å². The number of hydrogen-bond donors (Lipinski definition) is 1. The SMILES string of the molecule is CNCCCN1CC(C)CCC1=O. The van der Waals surface area contributed by atoms with Gasteiger partial charge in [0.15, 0.2) is 0 Å². The van der Waals surface area contributed by atoms with Crippen LogP contribution in [0.5, 0.6) is 0 Å². The maximum absolute atomic E-state index is 11.4. The lowest BCUT2D eigenvalue weighted by Crippen LogP contribution is -2.40. The lowest BCUT2D eigenvalue weighted by molar-refractivity contribution is -0.134. The molecule has 0 aromatic heterocycles. The molecule has 1 atom stereocenters. The Bertz CT molecular complexity index is 170. The van der Waals surface area contributed by atoms with Gasteiger partial charge in [-0.15, -0.1) is 0 Å². The predicted octanol–water partition coefficient (Wildman–Crippen LogP) is 0.854. The van der Waals surface area contributed by atoms with Crippen molar-refractivity contribution in [1.29, 1.82) is 0 Å². The number of nitrogens with zero attached hydrogens (tertiary/aromatic N) is 1. The van der Waals surface area contributed by atoms with Crippen molar-refractivity contribution in [2.45, 2.75) is 26.2 Å². The summed E-state index contributed by atoms with van der Waals surface area (Å²) in [5, 5.41) is 3.10. The van der Waals surface area contributed by atoms with Crippen LogP contribution in [0.4, 0.5) is 0 Å². The first-order valence-corrected chi connectivity index (χ1v) is 5.16. The summed E-state index contributed by atoms with van der Waals surface area (Å²) in [6.45, 7) is 5.10. The number of likely N-dealkylation sites (tertiary alicyclic amines) is 1. The second-order valence-corrected chi connectivity index (χ2v) is 3.94. The molecule has 1 amide bonds.